The fourth-order valence-corrected chi connectivity index (χ4v) is 5.31. The van der Waals surface area contributed by atoms with Crippen molar-refractivity contribution in [1.29, 1.82) is 0 Å². The van der Waals surface area contributed by atoms with E-state index in [1.807, 2.05) is 24.3 Å². The molecule has 2 atom stereocenters. The van der Waals surface area contributed by atoms with E-state index in [1.165, 1.54) is 24.3 Å². The minimum atomic E-state index is -4.18. The lowest BCUT2D eigenvalue weighted by molar-refractivity contribution is -0.199. The molecule has 190 valence electrons. The molecule has 0 radical (unpaired) electrons. The van der Waals surface area contributed by atoms with E-state index in [0.717, 1.165) is 18.8 Å². The van der Waals surface area contributed by atoms with Crippen LogP contribution in [0.4, 0.5) is 24.5 Å². The first-order chi connectivity index (χ1) is 16.1. The molecule has 2 rings (SSSR count). The molecule has 0 saturated carbocycles. The molecule has 6 nitrogen and oxygen atoms in total. The molecule has 2 aromatic rings. The van der Waals surface area contributed by atoms with Crippen molar-refractivity contribution in [3.05, 3.63) is 54.1 Å². The molecule has 0 amide bonds. The Balaban J connectivity index is 2.36. The maximum absolute atomic E-state index is 13.7. The van der Waals surface area contributed by atoms with Crippen molar-refractivity contribution in [2.75, 3.05) is 36.5 Å². The summed E-state index contributed by atoms with van der Waals surface area (Å²) in [7, 11) is -3.67. The van der Waals surface area contributed by atoms with Gasteiger partial charge < -0.3 is 24.0 Å². The predicted octanol–water partition coefficient (Wildman–Crippen LogP) is 7.42. The summed E-state index contributed by atoms with van der Waals surface area (Å²) in [5.74, 6) is -1.15. The van der Waals surface area contributed by atoms with Crippen LogP contribution in [0, 0.1) is 0 Å². The van der Waals surface area contributed by atoms with Gasteiger partial charge in [0, 0.05) is 24.5 Å². The monoisotopic (exact) mass is 522 g/mol. The highest BCUT2D eigenvalue weighted by Crippen LogP contribution is 2.60. The topological polar surface area (TPSA) is 60.0 Å². The third-order valence-corrected chi connectivity index (χ3v) is 7.49. The summed E-state index contributed by atoms with van der Waals surface area (Å²) in [6, 6.07) is 12.9. The van der Waals surface area contributed by atoms with E-state index in [2.05, 4.69) is 28.8 Å². The first kappa shape index (κ1) is 28.3. The zero-order chi connectivity index (χ0) is 25.4. The number of nitrogens with zero attached hydrogens (tertiary/aromatic N) is 1. The quantitative estimate of drug-likeness (QED) is 0.206. The van der Waals surface area contributed by atoms with Gasteiger partial charge in [0.25, 0.3) is 5.63 Å². The summed E-state index contributed by atoms with van der Waals surface area (Å²) in [6.07, 6.45) is -4.18. The van der Waals surface area contributed by atoms with Gasteiger partial charge in [-0.05, 0) is 69.7 Å². The maximum atomic E-state index is 13.7. The van der Waals surface area contributed by atoms with E-state index in [4.69, 9.17) is 20.6 Å². The van der Waals surface area contributed by atoms with Crippen molar-refractivity contribution in [2.24, 2.45) is 0 Å². The van der Waals surface area contributed by atoms with Crippen LogP contribution in [0.25, 0.3) is 0 Å². The second-order valence-electron chi connectivity index (χ2n) is 7.18. The fraction of sp³-hybridized carbons (Fsp3) is 0.478. The number of ether oxygens (including phenoxy) is 1. The second kappa shape index (κ2) is 12.7. The van der Waals surface area contributed by atoms with Crippen LogP contribution in [0.2, 0.25) is 0 Å². The molecule has 0 aliphatic carbocycles. The summed E-state index contributed by atoms with van der Waals surface area (Å²) in [5.41, 5.74) is -0.869. The van der Waals surface area contributed by atoms with E-state index >= 15 is 0 Å². The van der Waals surface area contributed by atoms with Gasteiger partial charge in [-0.1, -0.05) is 23.7 Å². The van der Waals surface area contributed by atoms with Crippen molar-refractivity contribution in [3.63, 3.8) is 0 Å². The van der Waals surface area contributed by atoms with Gasteiger partial charge in [-0.25, -0.2) is 4.39 Å². The van der Waals surface area contributed by atoms with Gasteiger partial charge in [0.2, 0.25) is 0 Å². The number of rotatable bonds is 14. The number of nitrogens with one attached hydrogen (secondary N) is 1. The van der Waals surface area contributed by atoms with Crippen LogP contribution in [0.15, 0.2) is 48.5 Å². The molecular formula is C23H31ClF3N2O4P. The average molecular weight is 523 g/mol. The van der Waals surface area contributed by atoms with E-state index in [9.17, 15) is 17.7 Å². The Morgan fingerprint density at radius 2 is 1.50 bits per heavy atom. The molecular weight excluding hydrogens is 492 g/mol. The SMILES string of the molecule is CCOP(=O)(OCC)C(Nc1ccc(OC(F)(F)C(F)Cl)cc1)c1ccc(N(CC)CC)cc1. The number of hydrogen-bond donors (Lipinski definition) is 1. The maximum Gasteiger partial charge on any atom is 0.444 e. The Bertz CT molecular complexity index is 919. The van der Waals surface area contributed by atoms with Crippen molar-refractivity contribution < 1.29 is 31.5 Å². The third-order valence-electron chi connectivity index (χ3n) is 4.94. The first-order valence-corrected chi connectivity index (χ1v) is 13.1. The summed E-state index contributed by atoms with van der Waals surface area (Å²) in [4.78, 5) is 2.17. The zero-order valence-corrected chi connectivity index (χ0v) is 21.3. The Labute approximate surface area is 203 Å². The molecule has 0 fully saturated rings. The standard InChI is InChI=1S/C23H31ClF3N2O4P/c1-5-29(6-2)19-13-9-17(10-14-19)21(34(30,31-7-3)32-8-4)28-18-11-15-20(16-12-18)33-23(26,27)22(24)25/h9-16,21-22,28H,5-8H2,1-4H3. The zero-order valence-electron chi connectivity index (χ0n) is 19.6. The Morgan fingerprint density at radius 1 is 0.971 bits per heavy atom. The fourth-order valence-electron chi connectivity index (χ4n) is 3.33. The van der Waals surface area contributed by atoms with Gasteiger partial charge >= 0.3 is 13.7 Å². The molecule has 0 bridgehead atoms. The van der Waals surface area contributed by atoms with Crippen LogP contribution >= 0.6 is 19.2 Å². The lowest BCUT2D eigenvalue weighted by Crippen LogP contribution is -2.32. The molecule has 0 aliphatic rings. The van der Waals surface area contributed by atoms with E-state index in [0.29, 0.717) is 11.3 Å². The Morgan fingerprint density at radius 3 is 1.94 bits per heavy atom. The normalized spacial score (nSPS) is 13.9. The smallest absolute Gasteiger partial charge is 0.429 e. The molecule has 1 N–H and O–H groups in total. The number of hydrogen-bond acceptors (Lipinski definition) is 6. The van der Waals surface area contributed by atoms with Gasteiger partial charge in [-0.15, -0.1) is 0 Å². The van der Waals surface area contributed by atoms with E-state index < -0.39 is 25.1 Å². The van der Waals surface area contributed by atoms with Crippen molar-refractivity contribution in [3.8, 4) is 5.75 Å². The molecule has 2 aromatic carbocycles. The minimum absolute atomic E-state index is 0.164. The van der Waals surface area contributed by atoms with Gasteiger partial charge in [0.15, 0.2) is 5.78 Å². The highest BCUT2D eigenvalue weighted by molar-refractivity contribution is 7.54. The predicted molar refractivity (Wildman–Crippen MR) is 130 cm³/mol. The summed E-state index contributed by atoms with van der Waals surface area (Å²) >= 11 is 4.83. The van der Waals surface area contributed by atoms with Crippen molar-refractivity contribution in [2.45, 2.75) is 45.2 Å². The van der Waals surface area contributed by atoms with Crippen LogP contribution in [0.1, 0.15) is 39.0 Å². The number of benzene rings is 2. The number of halogens is 4. The summed E-state index contributed by atoms with van der Waals surface area (Å²) in [6.45, 7) is 9.56. The van der Waals surface area contributed by atoms with Gasteiger partial charge in [-0.3, -0.25) is 4.57 Å². The van der Waals surface area contributed by atoms with Crippen LogP contribution in [0.5, 0.6) is 5.75 Å². The molecule has 11 heteroatoms. The lowest BCUT2D eigenvalue weighted by Gasteiger charge is -2.29. The van der Waals surface area contributed by atoms with Crippen LogP contribution in [0.3, 0.4) is 0 Å². The molecule has 0 saturated heterocycles. The number of alkyl halides is 4. The molecule has 34 heavy (non-hydrogen) atoms. The summed E-state index contributed by atoms with van der Waals surface area (Å²) in [5, 5.41) is 3.13. The van der Waals surface area contributed by atoms with Crippen LogP contribution in [-0.4, -0.2) is 38.0 Å². The van der Waals surface area contributed by atoms with Gasteiger partial charge in [0.05, 0.1) is 13.2 Å². The number of anilines is 2. The van der Waals surface area contributed by atoms with Crippen molar-refractivity contribution in [1.82, 2.24) is 0 Å². The van der Waals surface area contributed by atoms with Gasteiger partial charge in [0.1, 0.15) is 5.75 Å². The van der Waals surface area contributed by atoms with E-state index in [1.54, 1.807) is 13.8 Å². The molecule has 2 unspecified atom stereocenters. The lowest BCUT2D eigenvalue weighted by atomic mass is 10.1. The highest BCUT2D eigenvalue weighted by atomic mass is 35.5. The van der Waals surface area contributed by atoms with Crippen LogP contribution < -0.4 is 15.0 Å². The molecule has 0 heterocycles. The van der Waals surface area contributed by atoms with Crippen molar-refractivity contribution >= 4 is 30.6 Å². The van der Waals surface area contributed by atoms with Gasteiger partial charge in [-0.2, -0.15) is 8.78 Å². The Hall–Kier alpha value is -1.93. The molecule has 0 spiro atoms. The molecule has 0 aromatic heterocycles. The third kappa shape index (κ3) is 7.28. The largest absolute Gasteiger partial charge is 0.444 e. The Kier molecular flexibility index (Phi) is 10.6. The highest BCUT2D eigenvalue weighted by Gasteiger charge is 2.42. The van der Waals surface area contributed by atoms with Crippen LogP contribution in [-0.2, 0) is 13.6 Å². The average Bonchev–Trinajstić information content (AvgIpc) is 2.80. The van der Waals surface area contributed by atoms with E-state index in [-0.39, 0.29) is 19.0 Å². The minimum Gasteiger partial charge on any atom is -0.429 e. The molecule has 0 aliphatic heterocycles. The first-order valence-electron chi connectivity index (χ1n) is 11.0. The second-order valence-corrected chi connectivity index (χ2v) is 9.67. The summed E-state index contributed by atoms with van der Waals surface area (Å²) < 4.78 is 68.8.